The Morgan fingerprint density at radius 1 is 1.24 bits per heavy atom. The zero-order chi connectivity index (χ0) is 13.2. The van der Waals surface area contributed by atoms with Gasteiger partial charge in [0.25, 0.3) is 0 Å². The van der Waals surface area contributed by atoms with Crippen LogP contribution in [0, 0.1) is 0 Å². The van der Waals surface area contributed by atoms with Crippen molar-refractivity contribution in [2.24, 2.45) is 0 Å². The second-order valence-corrected chi connectivity index (χ2v) is 4.48. The molecule has 0 bridgehead atoms. The standard InChI is InChI=1S/C13H19FO3/c1-8(14)9-6-10(13(2,3)15)12(17-5)11(7-9)16-4/h6-8,15H,1-5H3. The van der Waals surface area contributed by atoms with Gasteiger partial charge in [0.05, 0.1) is 19.8 Å². The maximum atomic E-state index is 13.4. The summed E-state index contributed by atoms with van der Waals surface area (Å²) in [6.45, 7) is 4.68. The lowest BCUT2D eigenvalue weighted by Gasteiger charge is -2.23. The molecule has 1 aromatic rings. The summed E-state index contributed by atoms with van der Waals surface area (Å²) in [6, 6.07) is 3.19. The van der Waals surface area contributed by atoms with Crippen LogP contribution in [0.1, 0.15) is 38.1 Å². The molecule has 0 radical (unpaired) electrons. The summed E-state index contributed by atoms with van der Waals surface area (Å²) >= 11 is 0. The van der Waals surface area contributed by atoms with E-state index in [1.54, 1.807) is 26.0 Å². The monoisotopic (exact) mass is 242 g/mol. The van der Waals surface area contributed by atoms with Crippen LogP contribution in [0.3, 0.4) is 0 Å². The van der Waals surface area contributed by atoms with Gasteiger partial charge in [0.15, 0.2) is 11.5 Å². The van der Waals surface area contributed by atoms with Crippen molar-refractivity contribution in [3.05, 3.63) is 23.3 Å². The van der Waals surface area contributed by atoms with E-state index < -0.39 is 11.8 Å². The summed E-state index contributed by atoms with van der Waals surface area (Å²) in [4.78, 5) is 0. The third-order valence-corrected chi connectivity index (χ3v) is 2.62. The SMILES string of the molecule is COc1cc(C(C)F)cc(C(C)(C)O)c1OC. The fourth-order valence-electron chi connectivity index (χ4n) is 1.67. The van der Waals surface area contributed by atoms with Crippen LogP contribution >= 0.6 is 0 Å². The van der Waals surface area contributed by atoms with Gasteiger partial charge < -0.3 is 14.6 Å². The van der Waals surface area contributed by atoms with Gasteiger partial charge in [-0.1, -0.05) is 0 Å². The minimum Gasteiger partial charge on any atom is -0.493 e. The molecule has 0 saturated heterocycles. The molecule has 0 aliphatic rings. The first-order valence-corrected chi connectivity index (χ1v) is 5.44. The molecule has 96 valence electrons. The number of ether oxygens (including phenoxy) is 2. The van der Waals surface area contributed by atoms with Crippen molar-refractivity contribution in [1.82, 2.24) is 0 Å². The lowest BCUT2D eigenvalue weighted by molar-refractivity contribution is 0.0749. The number of hydrogen-bond donors (Lipinski definition) is 1. The fourth-order valence-corrected chi connectivity index (χ4v) is 1.67. The Kier molecular flexibility index (Phi) is 3.98. The number of hydrogen-bond acceptors (Lipinski definition) is 3. The van der Waals surface area contributed by atoms with E-state index in [4.69, 9.17) is 9.47 Å². The number of benzene rings is 1. The number of methoxy groups -OCH3 is 2. The van der Waals surface area contributed by atoms with E-state index in [1.807, 2.05) is 0 Å². The van der Waals surface area contributed by atoms with Crippen molar-refractivity contribution >= 4 is 0 Å². The van der Waals surface area contributed by atoms with E-state index in [1.165, 1.54) is 21.1 Å². The molecule has 1 aromatic carbocycles. The highest BCUT2D eigenvalue weighted by molar-refractivity contribution is 5.52. The molecule has 17 heavy (non-hydrogen) atoms. The molecule has 1 rings (SSSR count). The molecule has 0 saturated carbocycles. The number of aliphatic hydroxyl groups is 1. The maximum Gasteiger partial charge on any atom is 0.166 e. The van der Waals surface area contributed by atoms with Crippen molar-refractivity contribution in [3.8, 4) is 11.5 Å². The molecule has 3 nitrogen and oxygen atoms in total. The predicted octanol–water partition coefficient (Wildman–Crippen LogP) is 2.96. The van der Waals surface area contributed by atoms with Crippen molar-refractivity contribution in [1.29, 1.82) is 0 Å². The third kappa shape index (κ3) is 2.88. The number of rotatable bonds is 4. The van der Waals surface area contributed by atoms with Crippen LogP contribution in [0.2, 0.25) is 0 Å². The summed E-state index contributed by atoms with van der Waals surface area (Å²) in [5, 5.41) is 10.1. The van der Waals surface area contributed by atoms with E-state index >= 15 is 0 Å². The first-order chi connectivity index (χ1) is 7.81. The largest absolute Gasteiger partial charge is 0.493 e. The lowest BCUT2D eigenvalue weighted by atomic mass is 9.94. The molecule has 0 amide bonds. The van der Waals surface area contributed by atoms with Crippen LogP contribution in [0.5, 0.6) is 11.5 Å². The molecule has 4 heteroatoms. The molecular weight excluding hydrogens is 223 g/mol. The van der Waals surface area contributed by atoms with Crippen LogP contribution in [0.15, 0.2) is 12.1 Å². The lowest BCUT2D eigenvalue weighted by Crippen LogP contribution is -2.17. The molecule has 1 atom stereocenters. The van der Waals surface area contributed by atoms with Gasteiger partial charge in [-0.2, -0.15) is 0 Å². The van der Waals surface area contributed by atoms with E-state index in [0.29, 0.717) is 22.6 Å². The Morgan fingerprint density at radius 3 is 2.18 bits per heavy atom. The molecule has 0 heterocycles. The predicted molar refractivity (Wildman–Crippen MR) is 64.3 cm³/mol. The summed E-state index contributed by atoms with van der Waals surface area (Å²) in [6.07, 6.45) is -1.13. The van der Waals surface area contributed by atoms with E-state index in [0.717, 1.165) is 0 Å². The molecule has 0 aromatic heterocycles. The van der Waals surface area contributed by atoms with Gasteiger partial charge in [-0.25, -0.2) is 4.39 Å². The Bertz CT molecular complexity index is 394. The van der Waals surface area contributed by atoms with Crippen molar-refractivity contribution < 1.29 is 19.0 Å². The topological polar surface area (TPSA) is 38.7 Å². The molecule has 0 fully saturated rings. The van der Waals surface area contributed by atoms with Gasteiger partial charge in [0.1, 0.15) is 6.17 Å². The summed E-state index contributed by atoms with van der Waals surface area (Å²) in [5.74, 6) is 0.857. The van der Waals surface area contributed by atoms with E-state index in [-0.39, 0.29) is 0 Å². The average Bonchev–Trinajstić information content (AvgIpc) is 2.25. The zero-order valence-corrected chi connectivity index (χ0v) is 10.9. The van der Waals surface area contributed by atoms with Crippen LogP contribution in [-0.2, 0) is 5.60 Å². The molecular formula is C13H19FO3. The van der Waals surface area contributed by atoms with Crippen molar-refractivity contribution in [2.45, 2.75) is 32.5 Å². The maximum absolute atomic E-state index is 13.4. The number of halogens is 1. The summed E-state index contributed by atoms with van der Waals surface area (Å²) in [7, 11) is 2.98. The second kappa shape index (κ2) is 4.92. The minimum atomic E-state index is -1.13. The van der Waals surface area contributed by atoms with Gasteiger partial charge in [-0.05, 0) is 38.5 Å². The van der Waals surface area contributed by atoms with Crippen molar-refractivity contribution in [2.75, 3.05) is 14.2 Å². The Labute approximate surface area is 101 Å². The first kappa shape index (κ1) is 13.8. The van der Waals surface area contributed by atoms with Gasteiger partial charge in [-0.15, -0.1) is 0 Å². The van der Waals surface area contributed by atoms with Gasteiger partial charge in [0, 0.05) is 5.56 Å². The minimum absolute atomic E-state index is 0.423. The van der Waals surface area contributed by atoms with Crippen LogP contribution in [-0.4, -0.2) is 19.3 Å². The Hall–Kier alpha value is -1.29. The highest BCUT2D eigenvalue weighted by Gasteiger charge is 2.25. The van der Waals surface area contributed by atoms with E-state index in [9.17, 15) is 9.50 Å². The molecule has 0 spiro atoms. The average molecular weight is 242 g/mol. The highest BCUT2D eigenvalue weighted by atomic mass is 19.1. The fraction of sp³-hybridized carbons (Fsp3) is 0.538. The second-order valence-electron chi connectivity index (χ2n) is 4.48. The smallest absolute Gasteiger partial charge is 0.166 e. The van der Waals surface area contributed by atoms with Gasteiger partial charge in [-0.3, -0.25) is 0 Å². The molecule has 1 unspecified atom stereocenters. The quantitative estimate of drug-likeness (QED) is 0.882. The molecule has 0 aliphatic carbocycles. The summed E-state index contributed by atoms with van der Waals surface area (Å²) in [5.41, 5.74) is -0.151. The van der Waals surface area contributed by atoms with Gasteiger partial charge in [0.2, 0.25) is 0 Å². The number of alkyl halides is 1. The van der Waals surface area contributed by atoms with Crippen molar-refractivity contribution in [3.63, 3.8) is 0 Å². The Morgan fingerprint density at radius 2 is 1.82 bits per heavy atom. The van der Waals surface area contributed by atoms with Crippen LogP contribution in [0.4, 0.5) is 4.39 Å². The first-order valence-electron chi connectivity index (χ1n) is 5.44. The van der Waals surface area contributed by atoms with Crippen LogP contribution < -0.4 is 9.47 Å². The van der Waals surface area contributed by atoms with Crippen LogP contribution in [0.25, 0.3) is 0 Å². The highest BCUT2D eigenvalue weighted by Crippen LogP contribution is 2.40. The molecule has 0 aliphatic heterocycles. The van der Waals surface area contributed by atoms with E-state index in [2.05, 4.69) is 0 Å². The zero-order valence-electron chi connectivity index (χ0n) is 10.9. The Balaban J connectivity index is 3.48. The molecule has 1 N–H and O–H groups in total. The summed E-state index contributed by atoms with van der Waals surface area (Å²) < 4.78 is 23.8. The third-order valence-electron chi connectivity index (χ3n) is 2.62. The normalized spacial score (nSPS) is 13.4. The van der Waals surface area contributed by atoms with Gasteiger partial charge >= 0.3 is 0 Å².